The van der Waals surface area contributed by atoms with E-state index in [0.29, 0.717) is 19.1 Å². The van der Waals surface area contributed by atoms with Crippen LogP contribution >= 0.6 is 0 Å². The number of rotatable bonds is 8. The van der Waals surface area contributed by atoms with Crippen LogP contribution in [0.2, 0.25) is 0 Å². The molecule has 1 fully saturated rings. The van der Waals surface area contributed by atoms with Gasteiger partial charge in [-0.2, -0.15) is 0 Å². The highest BCUT2D eigenvalue weighted by Crippen LogP contribution is 2.21. The molecule has 0 aliphatic heterocycles. The van der Waals surface area contributed by atoms with Crippen LogP contribution in [-0.2, 0) is 14.3 Å². The minimum Gasteiger partial charge on any atom is -0.465 e. The van der Waals surface area contributed by atoms with Crippen molar-refractivity contribution in [3.05, 3.63) is 0 Å². The molecule has 1 atom stereocenters. The molecular formula is C14H27NO3. The Morgan fingerprint density at radius 1 is 1.33 bits per heavy atom. The average Bonchev–Trinajstić information content (AvgIpc) is 2.82. The molecule has 0 bridgehead atoms. The summed E-state index contributed by atoms with van der Waals surface area (Å²) < 4.78 is 10.7. The quantitative estimate of drug-likeness (QED) is 0.536. The van der Waals surface area contributed by atoms with Gasteiger partial charge in [-0.15, -0.1) is 0 Å². The highest BCUT2D eigenvalue weighted by Gasteiger charge is 2.29. The maximum Gasteiger partial charge on any atom is 0.325 e. The topological polar surface area (TPSA) is 61.5 Å². The van der Waals surface area contributed by atoms with Gasteiger partial charge in [-0.1, -0.05) is 12.8 Å². The first kappa shape index (κ1) is 15.4. The van der Waals surface area contributed by atoms with Crippen LogP contribution in [0.25, 0.3) is 0 Å². The molecule has 1 aliphatic rings. The minimum absolute atomic E-state index is 0.304. The van der Waals surface area contributed by atoms with Gasteiger partial charge >= 0.3 is 5.97 Å². The molecule has 2 N–H and O–H groups in total. The van der Waals surface area contributed by atoms with Crippen LogP contribution in [0.1, 0.15) is 58.8 Å². The molecule has 0 spiro atoms. The maximum absolute atomic E-state index is 11.6. The van der Waals surface area contributed by atoms with Crippen molar-refractivity contribution in [2.24, 2.45) is 5.73 Å². The monoisotopic (exact) mass is 257 g/mol. The van der Waals surface area contributed by atoms with Crippen LogP contribution in [0.3, 0.4) is 0 Å². The predicted molar refractivity (Wildman–Crippen MR) is 71.3 cm³/mol. The molecule has 0 radical (unpaired) electrons. The Bertz CT molecular complexity index is 247. The molecule has 106 valence electrons. The van der Waals surface area contributed by atoms with Crippen molar-refractivity contribution in [2.45, 2.75) is 70.4 Å². The van der Waals surface area contributed by atoms with Crippen LogP contribution in [0.5, 0.6) is 0 Å². The molecule has 1 aliphatic carbocycles. The summed E-state index contributed by atoms with van der Waals surface area (Å²) in [6.07, 6.45) is 8.00. The molecular weight excluding hydrogens is 230 g/mol. The number of carbonyl (C=O) groups is 1. The van der Waals surface area contributed by atoms with Crippen molar-refractivity contribution < 1.29 is 14.3 Å². The summed E-state index contributed by atoms with van der Waals surface area (Å²) in [5, 5.41) is 0. The van der Waals surface area contributed by atoms with Gasteiger partial charge < -0.3 is 15.2 Å². The lowest BCUT2D eigenvalue weighted by atomic mass is 9.96. The van der Waals surface area contributed by atoms with Gasteiger partial charge in [0.2, 0.25) is 0 Å². The Labute approximate surface area is 110 Å². The van der Waals surface area contributed by atoms with Gasteiger partial charge in [0, 0.05) is 6.61 Å². The van der Waals surface area contributed by atoms with Gasteiger partial charge in [0.25, 0.3) is 0 Å². The molecule has 0 aromatic carbocycles. The van der Waals surface area contributed by atoms with Crippen LogP contribution < -0.4 is 5.73 Å². The second-order valence-electron chi connectivity index (χ2n) is 5.37. The van der Waals surface area contributed by atoms with Crippen molar-refractivity contribution in [3.8, 4) is 0 Å². The van der Waals surface area contributed by atoms with Crippen LogP contribution in [-0.4, -0.2) is 30.8 Å². The van der Waals surface area contributed by atoms with Gasteiger partial charge in [0.05, 0.1) is 12.7 Å². The van der Waals surface area contributed by atoms with Crippen LogP contribution in [0.4, 0.5) is 0 Å². The van der Waals surface area contributed by atoms with E-state index in [1.165, 1.54) is 25.7 Å². The molecule has 1 saturated carbocycles. The number of unbranched alkanes of at least 4 members (excludes halogenated alkanes) is 1. The normalized spacial score (nSPS) is 19.7. The van der Waals surface area contributed by atoms with E-state index in [1.807, 2.05) is 0 Å². The molecule has 1 unspecified atom stereocenters. The Morgan fingerprint density at radius 2 is 2.00 bits per heavy atom. The zero-order valence-electron chi connectivity index (χ0n) is 11.7. The first-order valence-corrected chi connectivity index (χ1v) is 7.14. The van der Waals surface area contributed by atoms with Gasteiger partial charge in [0.1, 0.15) is 5.54 Å². The second-order valence-corrected chi connectivity index (χ2v) is 5.37. The molecule has 0 amide bonds. The summed E-state index contributed by atoms with van der Waals surface area (Å²) in [6, 6.07) is 0. The first-order valence-electron chi connectivity index (χ1n) is 7.14. The summed E-state index contributed by atoms with van der Waals surface area (Å²) in [5.41, 5.74) is 5.08. The van der Waals surface area contributed by atoms with E-state index in [9.17, 15) is 4.79 Å². The van der Waals surface area contributed by atoms with Crippen molar-refractivity contribution in [1.82, 2.24) is 0 Å². The van der Waals surface area contributed by atoms with Crippen LogP contribution in [0, 0.1) is 0 Å². The van der Waals surface area contributed by atoms with Crippen LogP contribution in [0.15, 0.2) is 0 Å². The number of nitrogens with two attached hydrogens (primary N) is 1. The Kier molecular flexibility index (Phi) is 6.65. The third-order valence-electron chi connectivity index (χ3n) is 3.49. The fraction of sp³-hybridized carbons (Fsp3) is 0.929. The lowest BCUT2D eigenvalue weighted by Crippen LogP contribution is -2.46. The summed E-state index contributed by atoms with van der Waals surface area (Å²) in [6.45, 7) is 4.70. The summed E-state index contributed by atoms with van der Waals surface area (Å²) >= 11 is 0. The second kappa shape index (κ2) is 7.74. The van der Waals surface area contributed by atoms with E-state index in [1.54, 1.807) is 13.8 Å². The molecule has 18 heavy (non-hydrogen) atoms. The molecule has 0 heterocycles. The zero-order chi connectivity index (χ0) is 13.4. The highest BCUT2D eigenvalue weighted by molar-refractivity contribution is 5.79. The Morgan fingerprint density at radius 3 is 2.61 bits per heavy atom. The maximum atomic E-state index is 11.6. The molecule has 4 heteroatoms. The van der Waals surface area contributed by atoms with Crippen molar-refractivity contribution in [2.75, 3.05) is 13.2 Å². The van der Waals surface area contributed by atoms with Gasteiger partial charge in [-0.25, -0.2) is 0 Å². The van der Waals surface area contributed by atoms with Gasteiger partial charge in [-0.3, -0.25) is 4.79 Å². The van der Waals surface area contributed by atoms with E-state index in [2.05, 4.69) is 0 Å². The summed E-state index contributed by atoms with van der Waals surface area (Å²) in [7, 11) is 0. The number of carbonyl (C=O) groups excluding carboxylic acids is 1. The zero-order valence-corrected chi connectivity index (χ0v) is 11.7. The Balaban J connectivity index is 2.06. The van der Waals surface area contributed by atoms with Gasteiger partial charge in [0.15, 0.2) is 0 Å². The Hall–Kier alpha value is -0.610. The average molecular weight is 257 g/mol. The lowest BCUT2D eigenvalue weighted by Gasteiger charge is -2.22. The van der Waals surface area contributed by atoms with Crippen molar-refractivity contribution in [3.63, 3.8) is 0 Å². The molecule has 0 aromatic heterocycles. The molecule has 0 saturated heterocycles. The number of hydrogen-bond donors (Lipinski definition) is 1. The predicted octanol–water partition coefficient (Wildman–Crippen LogP) is 2.40. The van der Waals surface area contributed by atoms with Crippen molar-refractivity contribution >= 4 is 5.97 Å². The van der Waals surface area contributed by atoms with E-state index in [0.717, 1.165) is 19.4 Å². The smallest absolute Gasteiger partial charge is 0.325 e. The van der Waals surface area contributed by atoms with E-state index in [4.69, 9.17) is 15.2 Å². The largest absolute Gasteiger partial charge is 0.465 e. The van der Waals surface area contributed by atoms with E-state index < -0.39 is 5.54 Å². The van der Waals surface area contributed by atoms with Gasteiger partial charge in [-0.05, 0) is 46.0 Å². The third kappa shape index (κ3) is 5.36. The van der Waals surface area contributed by atoms with E-state index >= 15 is 0 Å². The lowest BCUT2D eigenvalue weighted by molar-refractivity contribution is -0.149. The summed E-state index contributed by atoms with van der Waals surface area (Å²) in [4.78, 5) is 11.6. The third-order valence-corrected chi connectivity index (χ3v) is 3.49. The number of hydrogen-bond acceptors (Lipinski definition) is 4. The molecule has 1 rings (SSSR count). The minimum atomic E-state index is -0.858. The first-order chi connectivity index (χ1) is 8.56. The number of esters is 1. The SMILES string of the molecule is CCOC(=O)C(C)(N)CCCCOC1CCCC1. The standard InChI is InChI=1S/C14H27NO3/c1-3-17-13(16)14(2,15)10-6-7-11-18-12-8-4-5-9-12/h12H,3-11,15H2,1-2H3. The molecule has 0 aromatic rings. The fourth-order valence-corrected chi connectivity index (χ4v) is 2.30. The van der Waals surface area contributed by atoms with E-state index in [-0.39, 0.29) is 5.97 Å². The molecule has 4 nitrogen and oxygen atoms in total. The summed E-state index contributed by atoms with van der Waals surface area (Å²) in [5.74, 6) is -0.304. The number of ether oxygens (including phenoxy) is 2. The fourth-order valence-electron chi connectivity index (χ4n) is 2.30. The van der Waals surface area contributed by atoms with Crippen molar-refractivity contribution in [1.29, 1.82) is 0 Å². The highest BCUT2D eigenvalue weighted by atomic mass is 16.5.